The van der Waals surface area contributed by atoms with Crippen LogP contribution in [0.1, 0.15) is 25.2 Å². The third kappa shape index (κ3) is 2.73. The maximum atomic E-state index is 12.3. The van der Waals surface area contributed by atoms with Crippen LogP contribution in [0.5, 0.6) is 5.75 Å². The molecule has 21 heavy (non-hydrogen) atoms. The number of aromatic nitrogens is 3. The fraction of sp³-hybridized carbons (Fsp3) is 0.429. The summed E-state index contributed by atoms with van der Waals surface area (Å²) in [5.74, 6) is 1.70. The predicted molar refractivity (Wildman–Crippen MR) is 73.1 cm³/mol. The summed E-state index contributed by atoms with van der Waals surface area (Å²) < 4.78 is 31.1. The molecule has 0 fully saturated rings. The lowest BCUT2D eigenvalue weighted by Gasteiger charge is -2.24. The number of nitrogens with one attached hydrogen (secondary N) is 1. The zero-order valence-electron chi connectivity index (χ0n) is 11.6. The molecule has 5 nitrogen and oxygen atoms in total. The third-order valence-corrected chi connectivity index (χ3v) is 3.54. The molecular formula is C14H16F2N4O. The average molecular weight is 294 g/mol. The van der Waals surface area contributed by atoms with E-state index in [1.54, 1.807) is 12.1 Å². The van der Waals surface area contributed by atoms with Crippen molar-refractivity contribution in [2.24, 2.45) is 0 Å². The van der Waals surface area contributed by atoms with Gasteiger partial charge in [0.05, 0.1) is 6.04 Å². The second kappa shape index (κ2) is 5.77. The average Bonchev–Trinajstić information content (AvgIpc) is 2.90. The Hall–Kier alpha value is -2.02. The monoisotopic (exact) mass is 294 g/mol. The SMILES string of the molecule is CCC1NCCn2c(-c3cccc(OC(F)F)c3)nnc21. The zero-order chi connectivity index (χ0) is 14.8. The van der Waals surface area contributed by atoms with Crippen LogP contribution in [0.2, 0.25) is 0 Å². The standard InChI is InChI=1S/C14H16F2N4O/c1-2-11-13-19-18-12(20(13)7-6-17-11)9-4-3-5-10(8-9)21-14(15)16/h3-5,8,11,14,17H,2,6-7H2,1H3. The van der Waals surface area contributed by atoms with Crippen molar-refractivity contribution in [2.75, 3.05) is 6.54 Å². The molecule has 1 aliphatic heterocycles. The summed E-state index contributed by atoms with van der Waals surface area (Å²) in [7, 11) is 0. The first kappa shape index (κ1) is 13.9. The first-order valence-electron chi connectivity index (χ1n) is 6.90. The van der Waals surface area contributed by atoms with E-state index in [4.69, 9.17) is 0 Å². The molecule has 112 valence electrons. The summed E-state index contributed by atoms with van der Waals surface area (Å²) in [6.45, 7) is 0.845. The van der Waals surface area contributed by atoms with Gasteiger partial charge in [0.25, 0.3) is 0 Å². The quantitative estimate of drug-likeness (QED) is 0.941. The molecule has 0 aliphatic carbocycles. The molecule has 0 saturated carbocycles. The Morgan fingerprint density at radius 2 is 2.29 bits per heavy atom. The molecular weight excluding hydrogens is 278 g/mol. The Morgan fingerprint density at radius 3 is 3.05 bits per heavy atom. The number of nitrogens with zero attached hydrogens (tertiary/aromatic N) is 3. The summed E-state index contributed by atoms with van der Waals surface area (Å²) in [5, 5.41) is 11.8. The maximum absolute atomic E-state index is 12.3. The van der Waals surface area contributed by atoms with Crippen LogP contribution in [0.3, 0.4) is 0 Å². The highest BCUT2D eigenvalue weighted by Gasteiger charge is 2.24. The number of ether oxygens (including phenoxy) is 1. The van der Waals surface area contributed by atoms with Gasteiger partial charge in [-0.2, -0.15) is 8.78 Å². The van der Waals surface area contributed by atoms with Crippen LogP contribution in [0.25, 0.3) is 11.4 Å². The molecule has 1 N–H and O–H groups in total. The Bertz CT molecular complexity index is 629. The van der Waals surface area contributed by atoms with E-state index in [0.717, 1.165) is 30.9 Å². The number of halogens is 2. The minimum absolute atomic E-state index is 0.126. The molecule has 0 saturated heterocycles. The zero-order valence-corrected chi connectivity index (χ0v) is 11.6. The molecule has 2 aromatic rings. The molecule has 0 radical (unpaired) electrons. The first-order chi connectivity index (χ1) is 10.2. The molecule has 2 heterocycles. The van der Waals surface area contributed by atoms with Gasteiger partial charge in [0.1, 0.15) is 5.75 Å². The Morgan fingerprint density at radius 1 is 1.43 bits per heavy atom. The lowest BCUT2D eigenvalue weighted by molar-refractivity contribution is -0.0498. The van der Waals surface area contributed by atoms with Gasteiger partial charge in [0.15, 0.2) is 11.6 Å². The van der Waals surface area contributed by atoms with E-state index in [1.807, 2.05) is 10.6 Å². The largest absolute Gasteiger partial charge is 0.435 e. The number of rotatable bonds is 4. The molecule has 7 heteroatoms. The van der Waals surface area contributed by atoms with Crippen molar-refractivity contribution >= 4 is 0 Å². The maximum Gasteiger partial charge on any atom is 0.387 e. The van der Waals surface area contributed by atoms with Crippen LogP contribution in [0.15, 0.2) is 24.3 Å². The topological polar surface area (TPSA) is 52.0 Å². The van der Waals surface area contributed by atoms with Gasteiger partial charge in [-0.3, -0.25) is 0 Å². The summed E-state index contributed by atoms with van der Waals surface area (Å²) in [6, 6.07) is 6.73. The van der Waals surface area contributed by atoms with E-state index in [-0.39, 0.29) is 11.8 Å². The van der Waals surface area contributed by atoms with Gasteiger partial charge >= 0.3 is 6.61 Å². The summed E-state index contributed by atoms with van der Waals surface area (Å²) >= 11 is 0. The van der Waals surface area contributed by atoms with Gasteiger partial charge in [-0.25, -0.2) is 0 Å². The van der Waals surface area contributed by atoms with E-state index >= 15 is 0 Å². The second-order valence-corrected chi connectivity index (χ2v) is 4.85. The van der Waals surface area contributed by atoms with Crippen LogP contribution in [-0.4, -0.2) is 27.9 Å². The minimum Gasteiger partial charge on any atom is -0.435 e. The van der Waals surface area contributed by atoms with Crippen LogP contribution in [-0.2, 0) is 6.54 Å². The fourth-order valence-corrected chi connectivity index (χ4v) is 2.59. The van der Waals surface area contributed by atoms with E-state index in [2.05, 4.69) is 27.2 Å². The van der Waals surface area contributed by atoms with Crippen molar-refractivity contribution in [1.29, 1.82) is 0 Å². The van der Waals surface area contributed by atoms with Crippen molar-refractivity contribution in [1.82, 2.24) is 20.1 Å². The van der Waals surface area contributed by atoms with Crippen molar-refractivity contribution in [3.63, 3.8) is 0 Å². The summed E-state index contributed by atoms with van der Waals surface area (Å²) in [6.07, 6.45) is 0.923. The molecule has 0 amide bonds. The van der Waals surface area contributed by atoms with Crippen LogP contribution in [0.4, 0.5) is 8.78 Å². The van der Waals surface area contributed by atoms with Crippen molar-refractivity contribution in [2.45, 2.75) is 32.5 Å². The number of hydrogen-bond donors (Lipinski definition) is 1. The molecule has 1 aromatic carbocycles. The highest BCUT2D eigenvalue weighted by molar-refractivity contribution is 5.58. The van der Waals surface area contributed by atoms with Gasteiger partial charge in [0.2, 0.25) is 0 Å². The van der Waals surface area contributed by atoms with E-state index in [1.165, 1.54) is 6.07 Å². The minimum atomic E-state index is -2.83. The summed E-state index contributed by atoms with van der Waals surface area (Å²) in [4.78, 5) is 0. The first-order valence-corrected chi connectivity index (χ1v) is 6.90. The lowest BCUT2D eigenvalue weighted by Crippen LogP contribution is -2.33. The highest BCUT2D eigenvalue weighted by Crippen LogP contribution is 2.27. The summed E-state index contributed by atoms with van der Waals surface area (Å²) in [5.41, 5.74) is 0.726. The van der Waals surface area contributed by atoms with Crippen LogP contribution >= 0.6 is 0 Å². The van der Waals surface area contributed by atoms with Crippen LogP contribution in [0, 0.1) is 0 Å². The molecule has 1 aliphatic rings. The number of fused-ring (bicyclic) bond motifs is 1. The van der Waals surface area contributed by atoms with E-state index in [9.17, 15) is 8.78 Å². The molecule has 1 aromatic heterocycles. The van der Waals surface area contributed by atoms with Crippen molar-refractivity contribution in [3.05, 3.63) is 30.1 Å². The molecule has 1 unspecified atom stereocenters. The van der Waals surface area contributed by atoms with Gasteiger partial charge in [0, 0.05) is 18.7 Å². The van der Waals surface area contributed by atoms with E-state index in [0.29, 0.717) is 5.82 Å². The lowest BCUT2D eigenvalue weighted by atomic mass is 10.1. The Labute approximate surface area is 120 Å². The molecule has 0 spiro atoms. The van der Waals surface area contributed by atoms with Crippen molar-refractivity contribution < 1.29 is 13.5 Å². The molecule has 0 bridgehead atoms. The number of benzene rings is 1. The predicted octanol–water partition coefficient (Wildman–Crippen LogP) is 2.60. The normalized spacial score (nSPS) is 17.8. The Kier molecular flexibility index (Phi) is 3.83. The van der Waals surface area contributed by atoms with E-state index < -0.39 is 6.61 Å². The third-order valence-electron chi connectivity index (χ3n) is 3.54. The molecule has 1 atom stereocenters. The number of alkyl halides is 2. The second-order valence-electron chi connectivity index (χ2n) is 4.85. The van der Waals surface area contributed by atoms with Gasteiger partial charge in [-0.05, 0) is 18.6 Å². The fourth-order valence-electron chi connectivity index (χ4n) is 2.59. The Balaban J connectivity index is 1.96. The van der Waals surface area contributed by atoms with Crippen LogP contribution < -0.4 is 10.1 Å². The molecule has 3 rings (SSSR count). The number of hydrogen-bond acceptors (Lipinski definition) is 4. The highest BCUT2D eigenvalue weighted by atomic mass is 19.3. The van der Waals surface area contributed by atoms with Gasteiger partial charge in [-0.1, -0.05) is 19.1 Å². The smallest absolute Gasteiger partial charge is 0.387 e. The van der Waals surface area contributed by atoms with Gasteiger partial charge < -0.3 is 14.6 Å². The van der Waals surface area contributed by atoms with Crippen molar-refractivity contribution in [3.8, 4) is 17.1 Å². The van der Waals surface area contributed by atoms with Gasteiger partial charge in [-0.15, -0.1) is 10.2 Å².